The quantitative estimate of drug-likeness (QED) is 0.406. The Balaban J connectivity index is 0.000000640. The molecule has 0 spiro atoms. The molecule has 0 saturated carbocycles. The van der Waals surface area contributed by atoms with Crippen molar-refractivity contribution < 1.29 is 29.6 Å². The molecule has 0 bridgehead atoms. The standard InChI is InChI=1S/C6H7NSe.Na/c1-5-2-3-6(8)7-4-5;/h2-4H,1H3,(H,7,8);/q;+1/p-1. The average Bonchev–Trinajstić information content (AvgIpc) is 1.77. The molecule has 1 aromatic heterocycles. The summed E-state index contributed by atoms with van der Waals surface area (Å²) >= 11 is 2.82. The molecule has 0 fully saturated rings. The van der Waals surface area contributed by atoms with E-state index in [2.05, 4.69) is 21.0 Å². The van der Waals surface area contributed by atoms with Crippen molar-refractivity contribution in [2.45, 2.75) is 6.92 Å². The summed E-state index contributed by atoms with van der Waals surface area (Å²) in [6.45, 7) is 2.02. The van der Waals surface area contributed by atoms with Gasteiger partial charge in [0, 0.05) is 0 Å². The van der Waals surface area contributed by atoms with Gasteiger partial charge < -0.3 is 0 Å². The van der Waals surface area contributed by atoms with Gasteiger partial charge in [-0.3, -0.25) is 0 Å². The summed E-state index contributed by atoms with van der Waals surface area (Å²) in [6, 6.07) is 3.98. The number of nitrogens with zero attached hydrogens (tertiary/aromatic N) is 1. The molecule has 0 amide bonds. The first-order valence-electron chi connectivity index (χ1n) is 2.39. The van der Waals surface area contributed by atoms with Gasteiger partial charge in [-0.25, -0.2) is 0 Å². The molecule has 0 aromatic carbocycles. The SMILES string of the molecule is Cc1ccc([Se-])nc1.[Na+]. The predicted octanol–water partition coefficient (Wildman–Crippen LogP) is -2.81. The molecule has 9 heavy (non-hydrogen) atoms. The molecular formula is C6H6NNaSe. The van der Waals surface area contributed by atoms with Gasteiger partial charge in [0.25, 0.3) is 0 Å². The van der Waals surface area contributed by atoms with Crippen LogP contribution in [0.15, 0.2) is 18.3 Å². The van der Waals surface area contributed by atoms with Crippen LogP contribution in [0.1, 0.15) is 5.56 Å². The molecular weight excluding hydrogens is 188 g/mol. The van der Waals surface area contributed by atoms with E-state index in [0.29, 0.717) is 0 Å². The molecule has 1 nitrogen and oxygen atoms in total. The largest absolute Gasteiger partial charge is 1.00 e. The van der Waals surface area contributed by atoms with Crippen LogP contribution >= 0.6 is 0 Å². The third kappa shape index (κ3) is 3.39. The fourth-order valence-electron chi connectivity index (χ4n) is 0.454. The smallest absolute Gasteiger partial charge is 1.00 e. The van der Waals surface area contributed by atoms with Crippen molar-refractivity contribution in [3.05, 3.63) is 23.9 Å². The van der Waals surface area contributed by atoms with Gasteiger partial charge in [-0.1, -0.05) is 0 Å². The molecule has 0 radical (unpaired) electrons. The Hall–Kier alpha value is 0.669. The van der Waals surface area contributed by atoms with Gasteiger partial charge in [0.1, 0.15) is 0 Å². The third-order valence-corrected chi connectivity index (χ3v) is 1.39. The third-order valence-electron chi connectivity index (χ3n) is 0.884. The Morgan fingerprint density at radius 2 is 2.11 bits per heavy atom. The second-order valence-corrected chi connectivity index (χ2v) is 2.55. The van der Waals surface area contributed by atoms with Crippen LogP contribution in [-0.2, 0) is 0 Å². The van der Waals surface area contributed by atoms with Crippen LogP contribution < -0.4 is 34.1 Å². The van der Waals surface area contributed by atoms with E-state index in [1.165, 1.54) is 5.56 Å². The Morgan fingerprint density at radius 3 is 2.44 bits per heavy atom. The first kappa shape index (κ1) is 9.67. The Morgan fingerprint density at radius 1 is 1.44 bits per heavy atom. The van der Waals surface area contributed by atoms with Crippen LogP contribution in [0.4, 0.5) is 0 Å². The van der Waals surface area contributed by atoms with E-state index in [4.69, 9.17) is 0 Å². The molecule has 0 N–H and O–H groups in total. The summed E-state index contributed by atoms with van der Waals surface area (Å²) in [7, 11) is 0. The zero-order chi connectivity index (χ0) is 5.98. The van der Waals surface area contributed by atoms with Crippen LogP contribution in [0.2, 0.25) is 0 Å². The molecule has 0 saturated heterocycles. The van der Waals surface area contributed by atoms with Gasteiger partial charge >= 0.3 is 86.0 Å². The molecule has 0 aliphatic heterocycles. The zero-order valence-corrected chi connectivity index (χ0v) is 9.30. The van der Waals surface area contributed by atoms with Crippen LogP contribution in [0, 0.1) is 6.92 Å². The van der Waals surface area contributed by atoms with Gasteiger partial charge in [0.05, 0.1) is 0 Å². The van der Waals surface area contributed by atoms with Crippen LogP contribution in [0.5, 0.6) is 0 Å². The summed E-state index contributed by atoms with van der Waals surface area (Å²) in [5.41, 5.74) is 1.20. The number of hydrogen-bond donors (Lipinski definition) is 0. The maximum Gasteiger partial charge on any atom is 1.00 e. The summed E-state index contributed by atoms with van der Waals surface area (Å²) in [5, 5.41) is 0. The fourth-order valence-corrected chi connectivity index (χ4v) is 0.708. The summed E-state index contributed by atoms with van der Waals surface area (Å²) in [5.74, 6) is 0. The van der Waals surface area contributed by atoms with Gasteiger partial charge in [0.2, 0.25) is 0 Å². The second-order valence-electron chi connectivity index (χ2n) is 1.67. The normalized spacial score (nSPS) is 8.11. The van der Waals surface area contributed by atoms with Crippen molar-refractivity contribution in [3.63, 3.8) is 0 Å². The minimum absolute atomic E-state index is 0. The molecule has 3 heteroatoms. The van der Waals surface area contributed by atoms with Crippen LogP contribution in [-0.4, -0.2) is 21.0 Å². The minimum Gasteiger partial charge on any atom is 1.00 e. The minimum atomic E-state index is 0. The molecule has 42 valence electrons. The van der Waals surface area contributed by atoms with E-state index in [1.54, 1.807) is 0 Å². The van der Waals surface area contributed by atoms with Gasteiger partial charge in [0.15, 0.2) is 0 Å². The van der Waals surface area contributed by atoms with Crippen molar-refractivity contribution >= 4 is 20.6 Å². The molecule has 1 rings (SSSR count). The first-order chi connectivity index (χ1) is 3.79. The van der Waals surface area contributed by atoms with E-state index >= 15 is 0 Å². The van der Waals surface area contributed by atoms with E-state index in [0.717, 1.165) is 4.59 Å². The van der Waals surface area contributed by atoms with Crippen molar-refractivity contribution in [1.29, 1.82) is 0 Å². The Labute approximate surface area is 85.4 Å². The molecule has 1 heterocycles. The number of pyridine rings is 1. The van der Waals surface area contributed by atoms with E-state index in [-0.39, 0.29) is 29.6 Å². The van der Waals surface area contributed by atoms with Crippen LogP contribution in [0.3, 0.4) is 0 Å². The maximum absolute atomic E-state index is 4.02. The number of aromatic nitrogens is 1. The summed E-state index contributed by atoms with van der Waals surface area (Å²) < 4.78 is 0.954. The maximum atomic E-state index is 4.02. The van der Waals surface area contributed by atoms with Gasteiger partial charge in [-0.05, 0) is 0 Å². The Kier molecular flexibility index (Phi) is 4.81. The van der Waals surface area contributed by atoms with Crippen molar-refractivity contribution in [2.24, 2.45) is 0 Å². The Bertz CT molecular complexity index is 152. The van der Waals surface area contributed by atoms with Crippen LogP contribution in [0.25, 0.3) is 0 Å². The van der Waals surface area contributed by atoms with Crippen molar-refractivity contribution in [2.75, 3.05) is 0 Å². The van der Waals surface area contributed by atoms with E-state index in [1.807, 2.05) is 25.3 Å². The molecule has 0 atom stereocenters. The molecule has 0 aliphatic carbocycles. The number of aryl methyl sites for hydroxylation is 1. The summed E-state index contributed by atoms with van der Waals surface area (Å²) in [6.07, 6.45) is 1.84. The van der Waals surface area contributed by atoms with Crippen molar-refractivity contribution in [1.82, 2.24) is 4.98 Å². The van der Waals surface area contributed by atoms with E-state index in [9.17, 15) is 0 Å². The molecule has 0 aliphatic rings. The number of rotatable bonds is 0. The number of hydrogen-bond acceptors (Lipinski definition) is 1. The molecule has 1 aromatic rings. The second kappa shape index (κ2) is 4.48. The fraction of sp³-hybridized carbons (Fsp3) is 0.167. The zero-order valence-electron chi connectivity index (χ0n) is 5.59. The van der Waals surface area contributed by atoms with Gasteiger partial charge in [-0.15, -0.1) is 0 Å². The predicted molar refractivity (Wildman–Crippen MR) is 34.4 cm³/mol. The average molecular weight is 194 g/mol. The monoisotopic (exact) mass is 195 g/mol. The summed E-state index contributed by atoms with van der Waals surface area (Å²) in [4.78, 5) is 4.02. The van der Waals surface area contributed by atoms with Crippen molar-refractivity contribution in [3.8, 4) is 0 Å². The first-order valence-corrected chi connectivity index (χ1v) is 3.24. The topological polar surface area (TPSA) is 12.9 Å². The molecule has 0 unspecified atom stereocenters. The van der Waals surface area contributed by atoms with Gasteiger partial charge in [-0.2, -0.15) is 0 Å². The van der Waals surface area contributed by atoms with E-state index < -0.39 is 0 Å².